The summed E-state index contributed by atoms with van der Waals surface area (Å²) in [6.07, 6.45) is 0.316. The third kappa shape index (κ3) is 5.25. The monoisotopic (exact) mass is 431 g/mol. The summed E-state index contributed by atoms with van der Waals surface area (Å²) in [4.78, 5) is 26.7. The molecule has 1 fully saturated rings. The fraction of sp³-hybridized carbons (Fsp3) is 0.391. The van der Waals surface area contributed by atoms with Crippen LogP contribution in [-0.4, -0.2) is 56.8 Å². The lowest BCUT2D eigenvalue weighted by molar-refractivity contribution is -0.150. The molecule has 0 N–H and O–H groups in total. The van der Waals surface area contributed by atoms with Gasteiger partial charge in [-0.2, -0.15) is 0 Å². The molecule has 1 saturated heterocycles. The summed E-state index contributed by atoms with van der Waals surface area (Å²) in [5.74, 6) is 0.147. The third-order valence-electron chi connectivity index (χ3n) is 5.29. The molecule has 2 aromatic rings. The standard InChI is InChI=1S/C23H26FNO6/c1-28-16-10-8-15(21(13-16)29-2)9-11-22(26)25-14-17(12-19(25)23(27)30-3)31-20-7-5-4-6-18(20)24/h4-8,10,13,17,19H,9,11-12,14H2,1-3H3/t17-,19-/m1/s1. The molecular weight excluding hydrogens is 405 g/mol. The van der Waals surface area contributed by atoms with E-state index in [1.54, 1.807) is 38.5 Å². The van der Waals surface area contributed by atoms with Crippen molar-refractivity contribution in [1.29, 1.82) is 0 Å². The lowest BCUT2D eigenvalue weighted by atomic mass is 10.1. The molecule has 1 heterocycles. The molecule has 0 aromatic heterocycles. The summed E-state index contributed by atoms with van der Waals surface area (Å²) in [6.45, 7) is 0.173. The van der Waals surface area contributed by atoms with Crippen LogP contribution in [0.15, 0.2) is 42.5 Å². The van der Waals surface area contributed by atoms with Crippen molar-refractivity contribution in [3.05, 3.63) is 53.8 Å². The maximum absolute atomic E-state index is 13.9. The molecule has 8 heteroatoms. The van der Waals surface area contributed by atoms with Gasteiger partial charge in [-0.3, -0.25) is 4.79 Å². The lowest BCUT2D eigenvalue weighted by Gasteiger charge is -2.22. The summed E-state index contributed by atoms with van der Waals surface area (Å²) in [5, 5.41) is 0. The molecule has 2 aromatic carbocycles. The van der Waals surface area contributed by atoms with E-state index in [2.05, 4.69) is 0 Å². The topological polar surface area (TPSA) is 74.3 Å². The van der Waals surface area contributed by atoms with Crippen molar-refractivity contribution in [2.45, 2.75) is 31.4 Å². The zero-order chi connectivity index (χ0) is 22.4. The number of benzene rings is 2. The summed E-state index contributed by atoms with van der Waals surface area (Å²) >= 11 is 0. The van der Waals surface area contributed by atoms with Crippen molar-refractivity contribution in [2.24, 2.45) is 0 Å². The van der Waals surface area contributed by atoms with Crippen LogP contribution in [0.1, 0.15) is 18.4 Å². The van der Waals surface area contributed by atoms with Crippen LogP contribution in [-0.2, 0) is 20.7 Å². The molecule has 0 saturated carbocycles. The highest BCUT2D eigenvalue weighted by atomic mass is 19.1. The van der Waals surface area contributed by atoms with E-state index < -0.39 is 23.9 Å². The minimum Gasteiger partial charge on any atom is -0.497 e. The molecule has 7 nitrogen and oxygen atoms in total. The first kappa shape index (κ1) is 22.4. The van der Waals surface area contributed by atoms with E-state index in [-0.39, 0.29) is 31.0 Å². The van der Waals surface area contributed by atoms with Crippen LogP contribution < -0.4 is 14.2 Å². The summed E-state index contributed by atoms with van der Waals surface area (Å²) in [5.41, 5.74) is 0.852. The second-order valence-electron chi connectivity index (χ2n) is 7.17. The predicted octanol–water partition coefficient (Wildman–Crippen LogP) is 3.00. The first-order valence-corrected chi connectivity index (χ1v) is 9.96. The number of esters is 1. The van der Waals surface area contributed by atoms with Crippen LogP contribution in [0.4, 0.5) is 4.39 Å². The van der Waals surface area contributed by atoms with Gasteiger partial charge in [0.1, 0.15) is 23.6 Å². The maximum Gasteiger partial charge on any atom is 0.328 e. The number of hydrogen-bond acceptors (Lipinski definition) is 6. The third-order valence-corrected chi connectivity index (χ3v) is 5.29. The van der Waals surface area contributed by atoms with Crippen molar-refractivity contribution in [1.82, 2.24) is 4.90 Å². The van der Waals surface area contributed by atoms with Crippen molar-refractivity contribution in [3.8, 4) is 17.2 Å². The highest BCUT2D eigenvalue weighted by Gasteiger charge is 2.41. The first-order valence-electron chi connectivity index (χ1n) is 9.96. The number of likely N-dealkylation sites (tertiary alicyclic amines) is 1. The summed E-state index contributed by atoms with van der Waals surface area (Å²) in [6, 6.07) is 10.7. The van der Waals surface area contributed by atoms with Crippen LogP contribution in [0, 0.1) is 5.82 Å². The van der Waals surface area contributed by atoms with Gasteiger partial charge in [-0.15, -0.1) is 0 Å². The Morgan fingerprint density at radius 1 is 1.06 bits per heavy atom. The van der Waals surface area contributed by atoms with E-state index in [1.807, 2.05) is 6.07 Å². The number of amides is 1. The highest BCUT2D eigenvalue weighted by molar-refractivity contribution is 5.85. The van der Waals surface area contributed by atoms with Gasteiger partial charge in [0.2, 0.25) is 5.91 Å². The van der Waals surface area contributed by atoms with Gasteiger partial charge in [-0.05, 0) is 30.2 Å². The highest BCUT2D eigenvalue weighted by Crippen LogP contribution is 2.28. The molecule has 3 rings (SSSR count). The van der Waals surface area contributed by atoms with Crippen LogP contribution in [0.5, 0.6) is 17.2 Å². The predicted molar refractivity (Wildman–Crippen MR) is 111 cm³/mol. The summed E-state index contributed by atoms with van der Waals surface area (Å²) in [7, 11) is 4.40. The Bertz CT molecular complexity index is 934. The number of halogens is 1. The van der Waals surface area contributed by atoms with Crippen molar-refractivity contribution in [2.75, 3.05) is 27.9 Å². The smallest absolute Gasteiger partial charge is 0.328 e. The maximum atomic E-state index is 13.9. The Labute approximate surface area is 180 Å². The number of carbonyl (C=O) groups excluding carboxylic acids is 2. The zero-order valence-corrected chi connectivity index (χ0v) is 17.8. The molecule has 0 aliphatic carbocycles. The van der Waals surface area contributed by atoms with Gasteiger partial charge >= 0.3 is 5.97 Å². The number of rotatable bonds is 8. The number of hydrogen-bond donors (Lipinski definition) is 0. The van der Waals surface area contributed by atoms with Crippen molar-refractivity contribution < 1.29 is 32.9 Å². The molecule has 31 heavy (non-hydrogen) atoms. The molecule has 1 aliphatic rings. The molecule has 2 atom stereocenters. The van der Waals surface area contributed by atoms with E-state index in [1.165, 1.54) is 24.1 Å². The Kier molecular flexibility index (Phi) is 7.33. The molecule has 166 valence electrons. The van der Waals surface area contributed by atoms with Gasteiger partial charge < -0.3 is 23.8 Å². The molecule has 1 aliphatic heterocycles. The number of aryl methyl sites for hydroxylation is 1. The van der Waals surface area contributed by atoms with Crippen LogP contribution >= 0.6 is 0 Å². The van der Waals surface area contributed by atoms with Gasteiger partial charge in [0.25, 0.3) is 0 Å². The molecule has 1 amide bonds. The van der Waals surface area contributed by atoms with Gasteiger partial charge in [0.05, 0.1) is 27.9 Å². The number of para-hydroxylation sites is 1. The molecule has 0 spiro atoms. The Hall–Kier alpha value is -3.29. The second kappa shape index (κ2) is 10.1. The Morgan fingerprint density at radius 3 is 2.52 bits per heavy atom. The SMILES string of the molecule is COC(=O)[C@H]1C[C@@H](Oc2ccccc2F)CN1C(=O)CCc1ccc(OC)cc1OC. The number of ether oxygens (including phenoxy) is 4. The van der Waals surface area contributed by atoms with E-state index in [9.17, 15) is 14.0 Å². The lowest BCUT2D eigenvalue weighted by Crippen LogP contribution is -2.41. The Morgan fingerprint density at radius 2 is 1.84 bits per heavy atom. The zero-order valence-electron chi connectivity index (χ0n) is 17.8. The normalized spacial score (nSPS) is 17.9. The minimum absolute atomic E-state index is 0.0911. The fourth-order valence-corrected chi connectivity index (χ4v) is 3.68. The van der Waals surface area contributed by atoms with Crippen molar-refractivity contribution in [3.63, 3.8) is 0 Å². The first-order chi connectivity index (χ1) is 15.0. The molecule has 0 unspecified atom stereocenters. The van der Waals surface area contributed by atoms with Crippen LogP contribution in [0.2, 0.25) is 0 Å². The van der Waals surface area contributed by atoms with Gasteiger partial charge in [-0.1, -0.05) is 18.2 Å². The van der Waals surface area contributed by atoms with E-state index in [0.29, 0.717) is 17.9 Å². The molecular formula is C23H26FNO6. The van der Waals surface area contributed by atoms with E-state index in [0.717, 1.165) is 5.56 Å². The second-order valence-corrected chi connectivity index (χ2v) is 7.17. The van der Waals surface area contributed by atoms with E-state index in [4.69, 9.17) is 18.9 Å². The number of carbonyl (C=O) groups is 2. The number of methoxy groups -OCH3 is 3. The van der Waals surface area contributed by atoms with Crippen molar-refractivity contribution >= 4 is 11.9 Å². The summed E-state index contributed by atoms with van der Waals surface area (Å²) < 4.78 is 35.1. The molecule has 0 bridgehead atoms. The average Bonchev–Trinajstić information content (AvgIpc) is 3.22. The van der Waals surface area contributed by atoms with Gasteiger partial charge in [0.15, 0.2) is 11.6 Å². The van der Waals surface area contributed by atoms with Gasteiger partial charge in [0, 0.05) is 18.9 Å². The fourth-order valence-electron chi connectivity index (χ4n) is 3.68. The minimum atomic E-state index is -0.771. The molecule has 0 radical (unpaired) electrons. The Balaban J connectivity index is 1.69. The van der Waals surface area contributed by atoms with E-state index >= 15 is 0 Å². The average molecular weight is 431 g/mol. The number of nitrogens with zero attached hydrogens (tertiary/aromatic N) is 1. The van der Waals surface area contributed by atoms with Crippen LogP contribution in [0.25, 0.3) is 0 Å². The quantitative estimate of drug-likeness (QED) is 0.599. The largest absolute Gasteiger partial charge is 0.497 e. The van der Waals surface area contributed by atoms with Gasteiger partial charge in [-0.25, -0.2) is 9.18 Å². The van der Waals surface area contributed by atoms with Crippen LogP contribution in [0.3, 0.4) is 0 Å².